The lowest BCUT2D eigenvalue weighted by Crippen LogP contribution is -2.32. The number of ether oxygens (including phenoxy) is 1. The van der Waals surface area contributed by atoms with E-state index in [1.165, 1.54) is 0 Å². The third-order valence-corrected chi connectivity index (χ3v) is 3.17. The van der Waals surface area contributed by atoms with Crippen LogP contribution in [0.2, 0.25) is 5.02 Å². The summed E-state index contributed by atoms with van der Waals surface area (Å²) in [6.07, 6.45) is 3.27. The Kier molecular flexibility index (Phi) is 5.02. The van der Waals surface area contributed by atoms with Crippen LogP contribution in [0.4, 0.5) is 0 Å². The third kappa shape index (κ3) is 3.13. The van der Waals surface area contributed by atoms with Gasteiger partial charge in [-0.3, -0.25) is 10.5 Å². The third-order valence-electron chi connectivity index (χ3n) is 2.87. The molecule has 0 saturated heterocycles. The number of nitrogens with two attached hydrogens (primary N) is 1. The van der Waals surface area contributed by atoms with Gasteiger partial charge in [-0.25, -0.2) is 15.4 Å². The van der Waals surface area contributed by atoms with Gasteiger partial charge in [0, 0.05) is 13.3 Å². The normalized spacial score (nSPS) is 12.6. The molecule has 2 aromatic heterocycles. The molecule has 1 unspecified atom stereocenters. The van der Waals surface area contributed by atoms with E-state index in [2.05, 4.69) is 20.5 Å². The number of halogens is 1. The van der Waals surface area contributed by atoms with Gasteiger partial charge in [0.1, 0.15) is 11.9 Å². The van der Waals surface area contributed by atoms with Crippen LogP contribution in [-0.2, 0) is 11.3 Å². The van der Waals surface area contributed by atoms with E-state index < -0.39 is 0 Å². The molecule has 0 aliphatic heterocycles. The van der Waals surface area contributed by atoms with Crippen molar-refractivity contribution in [1.29, 1.82) is 0 Å². The average Bonchev–Trinajstić information content (AvgIpc) is 2.79. The van der Waals surface area contributed by atoms with E-state index in [9.17, 15) is 0 Å². The van der Waals surface area contributed by atoms with E-state index in [1.807, 2.05) is 6.92 Å². The standard InChI is InChI=1S/C12H17ClN6O/c1-8-15-4-3-10(17-8)11(18-14)12-9(13)7-16-19(12)5-6-20-2/h3-4,7,11,18H,5-6,14H2,1-2H3. The van der Waals surface area contributed by atoms with Crippen molar-refractivity contribution in [3.05, 3.63) is 40.7 Å². The number of nitrogens with one attached hydrogen (secondary N) is 1. The molecule has 0 spiro atoms. The van der Waals surface area contributed by atoms with Crippen molar-refractivity contribution < 1.29 is 4.74 Å². The lowest BCUT2D eigenvalue weighted by molar-refractivity contribution is 0.182. The van der Waals surface area contributed by atoms with Gasteiger partial charge < -0.3 is 4.74 Å². The van der Waals surface area contributed by atoms with Gasteiger partial charge in [0.15, 0.2) is 0 Å². The molecule has 3 N–H and O–H groups in total. The number of aryl methyl sites for hydroxylation is 1. The van der Waals surface area contributed by atoms with Crippen LogP contribution in [0.25, 0.3) is 0 Å². The molecular formula is C12H17ClN6O. The van der Waals surface area contributed by atoms with E-state index in [0.717, 1.165) is 11.4 Å². The van der Waals surface area contributed by atoms with Crippen LogP contribution in [0.5, 0.6) is 0 Å². The molecule has 2 rings (SSSR count). The second-order valence-corrected chi connectivity index (χ2v) is 4.63. The maximum absolute atomic E-state index is 6.22. The van der Waals surface area contributed by atoms with Gasteiger partial charge in [0.25, 0.3) is 0 Å². The Bertz CT molecular complexity index is 573. The van der Waals surface area contributed by atoms with E-state index in [4.69, 9.17) is 22.2 Å². The molecule has 0 amide bonds. The topological polar surface area (TPSA) is 90.9 Å². The highest BCUT2D eigenvalue weighted by molar-refractivity contribution is 6.31. The van der Waals surface area contributed by atoms with Crippen LogP contribution in [0.15, 0.2) is 18.5 Å². The molecule has 0 radical (unpaired) electrons. The van der Waals surface area contributed by atoms with Crippen LogP contribution < -0.4 is 11.3 Å². The zero-order valence-electron chi connectivity index (χ0n) is 11.4. The van der Waals surface area contributed by atoms with Crippen molar-refractivity contribution >= 4 is 11.6 Å². The SMILES string of the molecule is COCCn1ncc(Cl)c1C(NN)c1ccnc(C)n1. The minimum absolute atomic E-state index is 0.358. The molecule has 20 heavy (non-hydrogen) atoms. The van der Waals surface area contributed by atoms with Gasteiger partial charge in [0.2, 0.25) is 0 Å². The Balaban J connectivity index is 2.38. The van der Waals surface area contributed by atoms with Crippen LogP contribution in [0, 0.1) is 6.92 Å². The molecule has 1 atom stereocenters. The molecule has 0 saturated carbocycles. The summed E-state index contributed by atoms with van der Waals surface area (Å²) in [6.45, 7) is 2.94. The highest BCUT2D eigenvalue weighted by Gasteiger charge is 2.22. The van der Waals surface area contributed by atoms with Gasteiger partial charge in [-0.2, -0.15) is 5.10 Å². The molecule has 2 aromatic rings. The fraction of sp³-hybridized carbons (Fsp3) is 0.417. The molecule has 0 aliphatic carbocycles. The number of hydrazine groups is 1. The molecule has 8 heteroatoms. The highest BCUT2D eigenvalue weighted by Crippen LogP contribution is 2.26. The second-order valence-electron chi connectivity index (χ2n) is 4.22. The zero-order valence-corrected chi connectivity index (χ0v) is 12.1. The molecule has 0 bridgehead atoms. The first-order chi connectivity index (χ1) is 9.67. The molecule has 0 aromatic carbocycles. The smallest absolute Gasteiger partial charge is 0.125 e. The summed E-state index contributed by atoms with van der Waals surface area (Å²) < 4.78 is 6.82. The van der Waals surface area contributed by atoms with Gasteiger partial charge in [-0.05, 0) is 13.0 Å². The van der Waals surface area contributed by atoms with Crippen molar-refractivity contribution in [3.63, 3.8) is 0 Å². The van der Waals surface area contributed by atoms with Crippen molar-refractivity contribution in [3.8, 4) is 0 Å². The summed E-state index contributed by atoms with van der Waals surface area (Å²) in [7, 11) is 1.64. The van der Waals surface area contributed by atoms with Crippen LogP contribution in [0.3, 0.4) is 0 Å². The second kappa shape index (κ2) is 6.76. The van der Waals surface area contributed by atoms with E-state index in [1.54, 1.807) is 30.3 Å². The number of hydrogen-bond acceptors (Lipinski definition) is 6. The van der Waals surface area contributed by atoms with Crippen molar-refractivity contribution in [2.24, 2.45) is 5.84 Å². The van der Waals surface area contributed by atoms with Gasteiger partial charge >= 0.3 is 0 Å². The summed E-state index contributed by atoms with van der Waals surface area (Å²) >= 11 is 6.22. The first-order valence-corrected chi connectivity index (χ1v) is 6.51. The summed E-state index contributed by atoms with van der Waals surface area (Å²) in [4.78, 5) is 8.46. The van der Waals surface area contributed by atoms with E-state index in [0.29, 0.717) is 24.0 Å². The fourth-order valence-electron chi connectivity index (χ4n) is 1.95. The lowest BCUT2D eigenvalue weighted by Gasteiger charge is -2.18. The predicted octanol–water partition coefficient (Wildman–Crippen LogP) is 0.834. The number of aromatic nitrogens is 4. The molecule has 2 heterocycles. The molecule has 0 aliphatic rings. The predicted molar refractivity (Wildman–Crippen MR) is 75.0 cm³/mol. The van der Waals surface area contributed by atoms with Gasteiger partial charge in [0.05, 0.1) is 35.8 Å². The Morgan fingerprint density at radius 2 is 2.35 bits per heavy atom. The van der Waals surface area contributed by atoms with Crippen molar-refractivity contribution in [2.75, 3.05) is 13.7 Å². The summed E-state index contributed by atoms with van der Waals surface area (Å²) in [5, 5.41) is 4.76. The van der Waals surface area contributed by atoms with Crippen molar-refractivity contribution in [1.82, 2.24) is 25.2 Å². The lowest BCUT2D eigenvalue weighted by atomic mass is 10.1. The quantitative estimate of drug-likeness (QED) is 0.606. The zero-order chi connectivity index (χ0) is 14.5. The van der Waals surface area contributed by atoms with Crippen molar-refractivity contribution in [2.45, 2.75) is 19.5 Å². The first kappa shape index (κ1) is 14.9. The van der Waals surface area contributed by atoms with E-state index in [-0.39, 0.29) is 6.04 Å². The first-order valence-electron chi connectivity index (χ1n) is 6.13. The molecule has 0 fully saturated rings. The summed E-state index contributed by atoms with van der Waals surface area (Å²) in [5.74, 6) is 6.34. The monoisotopic (exact) mass is 296 g/mol. The minimum Gasteiger partial charge on any atom is -0.383 e. The van der Waals surface area contributed by atoms with Crippen LogP contribution >= 0.6 is 11.6 Å². The minimum atomic E-state index is -0.358. The largest absolute Gasteiger partial charge is 0.383 e. The Labute approximate surface area is 122 Å². The molecule has 7 nitrogen and oxygen atoms in total. The Hall–Kier alpha value is -1.54. The van der Waals surface area contributed by atoms with Gasteiger partial charge in [-0.1, -0.05) is 11.6 Å². The number of hydrogen-bond donors (Lipinski definition) is 2. The number of rotatable bonds is 6. The summed E-state index contributed by atoms with van der Waals surface area (Å²) in [6, 6.07) is 1.44. The Morgan fingerprint density at radius 3 is 3.00 bits per heavy atom. The summed E-state index contributed by atoms with van der Waals surface area (Å²) in [5.41, 5.74) is 4.22. The Morgan fingerprint density at radius 1 is 1.55 bits per heavy atom. The van der Waals surface area contributed by atoms with Gasteiger partial charge in [-0.15, -0.1) is 0 Å². The number of methoxy groups -OCH3 is 1. The van der Waals surface area contributed by atoms with Crippen LogP contribution in [-0.4, -0.2) is 33.5 Å². The fourth-order valence-corrected chi connectivity index (χ4v) is 2.20. The van der Waals surface area contributed by atoms with E-state index >= 15 is 0 Å². The van der Waals surface area contributed by atoms with Crippen LogP contribution in [0.1, 0.15) is 23.3 Å². The molecule has 108 valence electrons. The maximum Gasteiger partial charge on any atom is 0.125 e. The highest BCUT2D eigenvalue weighted by atomic mass is 35.5. The number of nitrogens with zero attached hydrogens (tertiary/aromatic N) is 4. The average molecular weight is 297 g/mol. The molecular weight excluding hydrogens is 280 g/mol. The maximum atomic E-state index is 6.22.